The Bertz CT molecular complexity index is 1330. The van der Waals surface area contributed by atoms with Crippen LogP contribution in [0.3, 0.4) is 0 Å². The number of nitrogens with zero attached hydrogens (tertiary/aromatic N) is 9. The van der Waals surface area contributed by atoms with Gasteiger partial charge in [0, 0.05) is 0 Å². The maximum atomic E-state index is 11.5. The lowest BCUT2D eigenvalue weighted by atomic mass is 10.2. The molecule has 0 radical (unpaired) electrons. The molecular weight excluding hydrogens is 446 g/mol. The zero-order valence-corrected chi connectivity index (χ0v) is 14.8. The zero-order valence-electron chi connectivity index (χ0n) is 14.8. The third-order valence-corrected chi connectivity index (χ3v) is 3.82. The maximum absolute atomic E-state index is 11.5. The van der Waals surface area contributed by atoms with Crippen molar-refractivity contribution in [1.82, 2.24) is 19.8 Å². The third-order valence-electron chi connectivity index (χ3n) is 3.82. The lowest BCUT2D eigenvalue weighted by Crippen LogP contribution is -2.08. The van der Waals surface area contributed by atoms with E-state index in [1.165, 1.54) is 0 Å². The number of fused-ring (bicyclic) bond motifs is 1. The van der Waals surface area contributed by atoms with E-state index in [4.69, 9.17) is 5.73 Å². The normalized spacial score (nSPS) is 10.6. The smallest absolute Gasteiger partial charge is 0.376 e. The summed E-state index contributed by atoms with van der Waals surface area (Å²) in [6.07, 6.45) is 0. The van der Waals surface area contributed by atoms with E-state index in [-0.39, 0.29) is 0 Å². The Morgan fingerprint density at radius 2 is 1.38 bits per heavy atom. The first-order valence-corrected chi connectivity index (χ1v) is 7.66. The van der Waals surface area contributed by atoms with Gasteiger partial charge in [-0.1, -0.05) is 0 Å². The minimum absolute atomic E-state index is 0.385. The molecule has 164 valence electrons. The number of rotatable bonds is 7. The highest BCUT2D eigenvalue weighted by Crippen LogP contribution is 2.42. The molecule has 0 atom stereocenters. The first kappa shape index (κ1) is 21.1. The minimum atomic E-state index is -1.21. The van der Waals surface area contributed by atoms with Gasteiger partial charge in [-0.15, -0.1) is 5.10 Å². The van der Waals surface area contributed by atoms with Crippen molar-refractivity contribution in [3.8, 4) is 0 Å². The van der Waals surface area contributed by atoms with E-state index in [1.54, 1.807) is 0 Å². The molecule has 2 aromatic heterocycles. The van der Waals surface area contributed by atoms with Gasteiger partial charge in [0.25, 0.3) is 11.3 Å². The van der Waals surface area contributed by atoms with Crippen molar-refractivity contribution in [3.05, 3.63) is 62.7 Å². The molecule has 21 heteroatoms. The van der Waals surface area contributed by atoms with Crippen molar-refractivity contribution in [1.29, 1.82) is 0 Å². The molecule has 0 aliphatic heterocycles. The summed E-state index contributed by atoms with van der Waals surface area (Å²) in [5.74, 6) is -2.71. The van der Waals surface area contributed by atoms with E-state index in [0.29, 0.717) is 16.6 Å². The van der Waals surface area contributed by atoms with Crippen LogP contribution < -0.4 is 11.1 Å². The number of hydrogen-bond acceptors (Lipinski definition) is 15. The van der Waals surface area contributed by atoms with E-state index in [0.717, 1.165) is 0 Å². The van der Waals surface area contributed by atoms with Crippen LogP contribution in [0, 0.1) is 50.6 Å². The second-order valence-electron chi connectivity index (χ2n) is 5.61. The van der Waals surface area contributed by atoms with Crippen LogP contribution in [0.2, 0.25) is 0 Å². The summed E-state index contributed by atoms with van der Waals surface area (Å²) in [4.78, 5) is 50.4. The molecule has 0 amide bonds. The molecule has 0 aliphatic carbocycles. The van der Waals surface area contributed by atoms with Crippen molar-refractivity contribution in [3.63, 3.8) is 0 Å². The van der Waals surface area contributed by atoms with Crippen molar-refractivity contribution in [2.24, 2.45) is 0 Å². The third kappa shape index (κ3) is 3.31. The molecule has 3 rings (SSSR count). The number of anilines is 3. The van der Waals surface area contributed by atoms with E-state index in [1.807, 2.05) is 5.32 Å². The van der Waals surface area contributed by atoms with E-state index in [9.17, 15) is 50.6 Å². The van der Waals surface area contributed by atoms with Crippen LogP contribution in [-0.4, -0.2) is 44.4 Å². The fourth-order valence-corrected chi connectivity index (χ4v) is 2.52. The molecular formula is C11H5N11O10. The van der Waals surface area contributed by atoms with E-state index in [2.05, 4.69) is 15.3 Å². The van der Waals surface area contributed by atoms with Crippen LogP contribution in [0.25, 0.3) is 5.65 Å². The van der Waals surface area contributed by atoms with Gasteiger partial charge in [-0.05, 0) is 10.0 Å². The van der Waals surface area contributed by atoms with Gasteiger partial charge in [0.15, 0.2) is 5.69 Å². The average molecular weight is 451 g/mol. The fraction of sp³-hybridized carbons (Fsp3) is 0. The van der Waals surface area contributed by atoms with Gasteiger partial charge in [-0.3, -0.25) is 40.5 Å². The van der Waals surface area contributed by atoms with Gasteiger partial charge in [0.2, 0.25) is 11.6 Å². The Labute approximate surface area is 170 Å². The molecule has 3 aromatic rings. The minimum Gasteiger partial charge on any atom is -0.376 e. The quantitative estimate of drug-likeness (QED) is 0.373. The Morgan fingerprint density at radius 1 is 0.812 bits per heavy atom. The number of nitrogen functional groups attached to an aromatic ring is 1. The number of nitro groups is 5. The number of aromatic nitrogens is 4. The highest BCUT2D eigenvalue weighted by Gasteiger charge is 2.36. The molecule has 1 aromatic carbocycles. The fourth-order valence-electron chi connectivity index (χ4n) is 2.52. The van der Waals surface area contributed by atoms with Crippen LogP contribution in [0.1, 0.15) is 0 Å². The largest absolute Gasteiger partial charge is 0.433 e. The van der Waals surface area contributed by atoms with Crippen LogP contribution in [0.4, 0.5) is 45.9 Å². The lowest BCUT2D eigenvalue weighted by molar-refractivity contribution is -0.401. The van der Waals surface area contributed by atoms with Crippen molar-refractivity contribution in [2.45, 2.75) is 0 Å². The van der Waals surface area contributed by atoms with E-state index < -0.39 is 76.2 Å². The Morgan fingerprint density at radius 3 is 1.81 bits per heavy atom. The van der Waals surface area contributed by atoms with Gasteiger partial charge < -0.3 is 21.2 Å². The number of nitrogens with two attached hydrogens (primary N) is 1. The summed E-state index contributed by atoms with van der Waals surface area (Å²) >= 11 is 0. The predicted octanol–water partition coefficient (Wildman–Crippen LogP) is 0.991. The zero-order chi connectivity index (χ0) is 23.9. The van der Waals surface area contributed by atoms with Gasteiger partial charge in [0.1, 0.15) is 0 Å². The lowest BCUT2D eigenvalue weighted by Gasteiger charge is -2.05. The van der Waals surface area contributed by atoms with Crippen molar-refractivity contribution in [2.75, 3.05) is 11.1 Å². The second-order valence-corrected chi connectivity index (χ2v) is 5.61. The summed E-state index contributed by atoms with van der Waals surface area (Å²) in [5, 5.41) is 68.2. The first-order valence-electron chi connectivity index (χ1n) is 7.66. The molecule has 0 saturated heterocycles. The van der Waals surface area contributed by atoms with Gasteiger partial charge in [-0.2, -0.15) is 4.52 Å². The number of benzene rings is 1. The highest BCUT2D eigenvalue weighted by atomic mass is 16.6. The van der Waals surface area contributed by atoms with Crippen molar-refractivity contribution < 1.29 is 24.6 Å². The summed E-state index contributed by atoms with van der Waals surface area (Å²) in [7, 11) is 0. The molecule has 3 N–H and O–H groups in total. The van der Waals surface area contributed by atoms with Gasteiger partial charge >= 0.3 is 22.9 Å². The van der Waals surface area contributed by atoms with Crippen molar-refractivity contribution >= 4 is 51.5 Å². The maximum Gasteiger partial charge on any atom is 0.433 e. The summed E-state index contributed by atoms with van der Waals surface area (Å²) in [5.41, 5.74) is -0.591. The Kier molecular flexibility index (Phi) is 4.82. The number of hydrogen-bond donors (Lipinski definition) is 2. The molecule has 0 aliphatic rings. The van der Waals surface area contributed by atoms with Crippen LogP contribution >= 0.6 is 0 Å². The predicted molar refractivity (Wildman–Crippen MR) is 98.2 cm³/mol. The standard InChI is InChI=1S/C11H5N11O10/c12-8-11(22(31)32)15-14-10-7(21(29)30)9(16-17(8)10)13-6-4(19(25)26)1-3(18(23)24)2-5(6)20(27)28/h1-2H,12H2,(H,13,16). The molecule has 0 saturated carbocycles. The van der Waals surface area contributed by atoms with Crippen LogP contribution in [0.15, 0.2) is 12.1 Å². The van der Waals surface area contributed by atoms with Crippen LogP contribution in [-0.2, 0) is 0 Å². The average Bonchev–Trinajstić information content (AvgIpc) is 3.06. The van der Waals surface area contributed by atoms with Crippen LogP contribution in [0.5, 0.6) is 0 Å². The molecule has 0 bridgehead atoms. The summed E-state index contributed by atoms with van der Waals surface area (Å²) in [6, 6.07) is 0.770. The Balaban J connectivity index is 2.33. The number of non-ortho nitro benzene ring substituents is 1. The molecule has 32 heavy (non-hydrogen) atoms. The Hall–Kier alpha value is -5.63. The molecule has 0 spiro atoms. The topological polar surface area (TPSA) is 297 Å². The molecule has 0 fully saturated rings. The summed E-state index contributed by atoms with van der Waals surface area (Å²) < 4.78 is 0.425. The van der Waals surface area contributed by atoms with E-state index >= 15 is 0 Å². The number of nitrogens with one attached hydrogen (secondary N) is 1. The monoisotopic (exact) mass is 451 g/mol. The second kappa shape index (κ2) is 7.32. The SMILES string of the molecule is Nc1c([N+](=O)[O-])nnc2c([N+](=O)[O-])c(Nc3c([N+](=O)[O-])cc([N+](=O)[O-])cc3[N+](=O)[O-])nn12. The first-order chi connectivity index (χ1) is 14.9. The van der Waals surface area contributed by atoms with Gasteiger partial charge in [-0.25, -0.2) is 0 Å². The number of nitro benzene ring substituents is 3. The molecule has 2 heterocycles. The highest BCUT2D eigenvalue weighted by molar-refractivity contribution is 5.85. The summed E-state index contributed by atoms with van der Waals surface area (Å²) in [6.45, 7) is 0. The van der Waals surface area contributed by atoms with Gasteiger partial charge in [0.05, 0.1) is 36.9 Å². The molecule has 21 nitrogen and oxygen atoms in total. The molecule has 0 unspecified atom stereocenters.